The van der Waals surface area contributed by atoms with Gasteiger partial charge in [0.25, 0.3) is 0 Å². The summed E-state index contributed by atoms with van der Waals surface area (Å²) in [5.74, 6) is 0. The fraction of sp³-hybridized carbons (Fsp3) is 1.00. The van der Waals surface area contributed by atoms with Crippen LogP contribution in [-0.2, 0) is 14.6 Å². The van der Waals surface area contributed by atoms with Crippen molar-refractivity contribution >= 4 is 10.4 Å². The molecule has 0 amide bonds. The van der Waals surface area contributed by atoms with Gasteiger partial charge in [0.2, 0.25) is 10.4 Å². The van der Waals surface area contributed by atoms with Gasteiger partial charge in [-0.15, -0.1) is 0 Å². The minimum absolute atomic E-state index is 0. The van der Waals surface area contributed by atoms with Crippen molar-refractivity contribution in [3.8, 4) is 0 Å². The zero-order chi connectivity index (χ0) is 15.0. The fourth-order valence-corrected chi connectivity index (χ4v) is 2.07. The van der Waals surface area contributed by atoms with Gasteiger partial charge in [-0.1, -0.05) is 64.7 Å². The maximum absolute atomic E-state index is 10.1. The van der Waals surface area contributed by atoms with Gasteiger partial charge in [0, 0.05) is 0 Å². The van der Waals surface area contributed by atoms with E-state index in [1.165, 1.54) is 44.9 Å². The van der Waals surface area contributed by atoms with Crippen LogP contribution in [0.5, 0.6) is 0 Å². The molecule has 0 atom stereocenters. The van der Waals surface area contributed by atoms with Crippen LogP contribution in [0, 0.1) is 0 Å². The quantitative estimate of drug-likeness (QED) is 0.135. The molecule has 0 aliphatic rings. The monoisotopic (exact) mass is 322 g/mol. The van der Waals surface area contributed by atoms with E-state index in [1.54, 1.807) is 0 Å². The molecule has 118 valence electrons. The second-order valence-electron chi connectivity index (χ2n) is 4.41. The van der Waals surface area contributed by atoms with Crippen LogP contribution in [0.15, 0.2) is 0 Å². The SMILES string of the molecule is CCCCCCCCCCCCOS(=O)(=O)[O-].OO.[Na+]. The summed E-state index contributed by atoms with van der Waals surface area (Å²) < 4.78 is 34.5. The fourth-order valence-electron chi connectivity index (χ4n) is 1.75. The molecule has 0 saturated carbocycles. The molecule has 0 radical (unpaired) electrons. The average Bonchev–Trinajstić information content (AvgIpc) is 2.37. The molecule has 2 N–H and O–H groups in total. The van der Waals surface area contributed by atoms with Gasteiger partial charge in [-0.2, -0.15) is 0 Å². The van der Waals surface area contributed by atoms with Crippen molar-refractivity contribution in [1.29, 1.82) is 0 Å². The van der Waals surface area contributed by atoms with Crippen LogP contribution >= 0.6 is 0 Å². The zero-order valence-corrected chi connectivity index (χ0v) is 15.5. The summed E-state index contributed by atoms with van der Waals surface area (Å²) in [4.78, 5) is 0. The Bertz CT molecular complexity index is 259. The smallest absolute Gasteiger partial charge is 0.726 e. The Morgan fingerprint density at radius 1 is 0.850 bits per heavy atom. The summed E-state index contributed by atoms with van der Waals surface area (Å²) in [5, 5.41) is 12.0. The first-order valence-electron chi connectivity index (χ1n) is 6.86. The molecule has 20 heavy (non-hydrogen) atoms. The molecule has 0 bridgehead atoms. The summed E-state index contributed by atoms with van der Waals surface area (Å²) >= 11 is 0. The van der Waals surface area contributed by atoms with Gasteiger partial charge in [-0.3, -0.25) is 14.7 Å². The minimum atomic E-state index is -4.48. The van der Waals surface area contributed by atoms with E-state index >= 15 is 0 Å². The third-order valence-electron chi connectivity index (χ3n) is 2.73. The predicted molar refractivity (Wildman–Crippen MR) is 72.8 cm³/mol. The Balaban J connectivity index is -0.000000916. The summed E-state index contributed by atoms with van der Waals surface area (Å²) in [6, 6.07) is 0. The summed E-state index contributed by atoms with van der Waals surface area (Å²) in [5.41, 5.74) is 0. The second-order valence-corrected chi connectivity index (χ2v) is 5.46. The first-order valence-corrected chi connectivity index (χ1v) is 8.20. The van der Waals surface area contributed by atoms with E-state index in [-0.39, 0.29) is 36.2 Å². The third kappa shape index (κ3) is 27.2. The van der Waals surface area contributed by atoms with Gasteiger partial charge < -0.3 is 4.55 Å². The van der Waals surface area contributed by atoms with Crippen molar-refractivity contribution in [2.45, 2.75) is 71.1 Å². The van der Waals surface area contributed by atoms with Crippen LogP contribution in [0.3, 0.4) is 0 Å². The molecule has 0 aromatic carbocycles. The van der Waals surface area contributed by atoms with Gasteiger partial charge >= 0.3 is 29.6 Å². The maximum Gasteiger partial charge on any atom is 1.00 e. The second kappa shape index (κ2) is 19.8. The minimum Gasteiger partial charge on any atom is -0.726 e. The molecule has 0 saturated heterocycles. The molecule has 0 heterocycles. The van der Waals surface area contributed by atoms with Crippen molar-refractivity contribution in [3.63, 3.8) is 0 Å². The van der Waals surface area contributed by atoms with E-state index in [0.717, 1.165) is 12.8 Å². The molecule has 0 aliphatic carbocycles. The Hall–Kier alpha value is 0.790. The molecule has 0 aromatic rings. The molecule has 0 rings (SSSR count). The Morgan fingerprint density at radius 3 is 1.55 bits per heavy atom. The van der Waals surface area contributed by atoms with Crippen LogP contribution in [0.4, 0.5) is 0 Å². The van der Waals surface area contributed by atoms with Crippen molar-refractivity contribution in [3.05, 3.63) is 0 Å². The van der Waals surface area contributed by atoms with E-state index in [2.05, 4.69) is 11.1 Å². The number of hydrogen-bond donors (Lipinski definition) is 2. The van der Waals surface area contributed by atoms with Gasteiger partial charge in [0.05, 0.1) is 6.61 Å². The van der Waals surface area contributed by atoms with Crippen molar-refractivity contribution in [1.82, 2.24) is 0 Å². The molecule has 6 nitrogen and oxygen atoms in total. The van der Waals surface area contributed by atoms with E-state index in [4.69, 9.17) is 10.5 Å². The van der Waals surface area contributed by atoms with Gasteiger partial charge in [-0.05, 0) is 6.42 Å². The molecule has 8 heteroatoms. The average molecular weight is 322 g/mol. The molecule has 0 aromatic heterocycles. The molecule has 0 aliphatic heterocycles. The molecular formula is C12H27NaO6S. The van der Waals surface area contributed by atoms with Crippen LogP contribution in [0.25, 0.3) is 0 Å². The van der Waals surface area contributed by atoms with E-state index in [1.807, 2.05) is 0 Å². The van der Waals surface area contributed by atoms with E-state index in [0.29, 0.717) is 6.42 Å². The van der Waals surface area contributed by atoms with Crippen LogP contribution in [0.2, 0.25) is 0 Å². The van der Waals surface area contributed by atoms with Crippen molar-refractivity contribution in [2.75, 3.05) is 6.61 Å². The Labute approximate surface area is 145 Å². The summed E-state index contributed by atoms with van der Waals surface area (Å²) in [7, 11) is -4.48. The van der Waals surface area contributed by atoms with E-state index < -0.39 is 10.4 Å². The van der Waals surface area contributed by atoms with Gasteiger partial charge in [0.1, 0.15) is 0 Å². The third-order valence-corrected chi connectivity index (χ3v) is 3.18. The maximum atomic E-state index is 10.1. The van der Waals surface area contributed by atoms with Crippen LogP contribution in [0.1, 0.15) is 71.1 Å². The standard InChI is InChI=1S/C12H26O4S.Na.H2O2/c1-2-3-4-5-6-7-8-9-10-11-12-16-17(13,14)15;;1-2/h2-12H2,1H3,(H,13,14,15);;1-2H/q;+1;/p-1. The van der Waals surface area contributed by atoms with Crippen molar-refractivity contribution < 1.29 is 57.2 Å². The largest absolute Gasteiger partial charge is 1.00 e. The number of hydrogen-bond acceptors (Lipinski definition) is 6. The zero-order valence-electron chi connectivity index (χ0n) is 12.7. The number of rotatable bonds is 12. The topological polar surface area (TPSA) is 107 Å². The summed E-state index contributed by atoms with van der Waals surface area (Å²) in [6.45, 7) is 2.24. The van der Waals surface area contributed by atoms with Crippen LogP contribution in [-0.4, -0.2) is 30.1 Å². The van der Waals surface area contributed by atoms with Crippen molar-refractivity contribution in [2.24, 2.45) is 0 Å². The normalized spacial score (nSPS) is 10.4. The molecular weight excluding hydrogens is 295 g/mol. The Morgan fingerprint density at radius 2 is 1.20 bits per heavy atom. The predicted octanol–water partition coefficient (Wildman–Crippen LogP) is 0.406. The van der Waals surface area contributed by atoms with Gasteiger partial charge in [-0.25, -0.2) is 8.42 Å². The molecule has 0 fully saturated rings. The van der Waals surface area contributed by atoms with Gasteiger partial charge in [0.15, 0.2) is 0 Å². The van der Waals surface area contributed by atoms with E-state index in [9.17, 15) is 13.0 Å². The molecule has 0 unspecified atom stereocenters. The summed E-state index contributed by atoms with van der Waals surface area (Å²) in [6.07, 6.45) is 11.7. The molecule has 0 spiro atoms. The first kappa shape index (κ1) is 25.7. The Kier molecular flexibility index (Phi) is 25.5. The van der Waals surface area contributed by atoms with Crippen LogP contribution < -0.4 is 29.6 Å². The first-order chi connectivity index (χ1) is 9.06. The number of unbranched alkanes of at least 4 members (excludes halogenated alkanes) is 9.